The number of nitrogens with zero attached hydrogens (tertiary/aromatic N) is 1. The molecule has 0 saturated heterocycles. The number of hydrogen-bond donors (Lipinski definition) is 0. The van der Waals surface area contributed by atoms with Crippen molar-refractivity contribution in [3.63, 3.8) is 0 Å². The van der Waals surface area contributed by atoms with Crippen LogP contribution in [0, 0.1) is 0 Å². The Bertz CT molecular complexity index is 572. The minimum atomic E-state index is -0.189. The number of carbonyl (C=O) groups is 1. The molecule has 1 aromatic carbocycles. The fraction of sp³-hybridized carbons (Fsp3) is 0.267. The molecule has 4 heteroatoms. The Labute approximate surface area is 121 Å². The lowest BCUT2D eigenvalue weighted by atomic mass is 10.1. The molecule has 0 N–H and O–H groups in total. The fourth-order valence-corrected chi connectivity index (χ4v) is 2.27. The van der Waals surface area contributed by atoms with Crippen LogP contribution >= 0.6 is 15.9 Å². The molecule has 0 fully saturated rings. The monoisotopic (exact) mass is 321 g/mol. The Hall–Kier alpha value is -1.55. The largest absolute Gasteiger partial charge is 0.466 e. The number of rotatable bonds is 4. The predicted octanol–water partition coefficient (Wildman–Crippen LogP) is 3.56. The van der Waals surface area contributed by atoms with E-state index >= 15 is 0 Å². The number of carbonyl (C=O) groups excluding carboxylic acids is 1. The molecule has 100 valence electrons. The topological polar surface area (TPSA) is 31.2 Å². The summed E-state index contributed by atoms with van der Waals surface area (Å²) in [5, 5.41) is 0. The van der Waals surface area contributed by atoms with E-state index in [1.807, 2.05) is 54.9 Å². The van der Waals surface area contributed by atoms with Gasteiger partial charge >= 0.3 is 5.97 Å². The van der Waals surface area contributed by atoms with Gasteiger partial charge in [0, 0.05) is 22.9 Å². The predicted molar refractivity (Wildman–Crippen MR) is 78.9 cm³/mol. The molecule has 19 heavy (non-hydrogen) atoms. The first-order valence-corrected chi connectivity index (χ1v) is 6.97. The van der Waals surface area contributed by atoms with E-state index in [-0.39, 0.29) is 5.97 Å². The summed E-state index contributed by atoms with van der Waals surface area (Å²) in [5.41, 5.74) is 3.17. The van der Waals surface area contributed by atoms with Gasteiger partial charge in [-0.05, 0) is 36.8 Å². The molecule has 2 rings (SSSR count). The molecular weight excluding hydrogens is 306 g/mol. The molecular formula is C15H16BrNO2. The Morgan fingerprint density at radius 2 is 1.89 bits per heavy atom. The van der Waals surface area contributed by atoms with Crippen LogP contribution in [-0.4, -0.2) is 17.1 Å². The highest BCUT2D eigenvalue weighted by Crippen LogP contribution is 2.23. The van der Waals surface area contributed by atoms with Crippen LogP contribution < -0.4 is 0 Å². The number of hydrogen-bond acceptors (Lipinski definition) is 2. The third-order valence-corrected chi connectivity index (χ3v) is 3.53. The molecule has 0 aliphatic heterocycles. The zero-order chi connectivity index (χ0) is 13.8. The fourth-order valence-electron chi connectivity index (χ4n) is 2.00. The van der Waals surface area contributed by atoms with Crippen molar-refractivity contribution in [2.75, 3.05) is 6.61 Å². The summed E-state index contributed by atoms with van der Waals surface area (Å²) in [7, 11) is 1.96. The van der Waals surface area contributed by atoms with E-state index in [0.717, 1.165) is 21.4 Å². The zero-order valence-electron chi connectivity index (χ0n) is 11.0. The minimum Gasteiger partial charge on any atom is -0.466 e. The Morgan fingerprint density at radius 3 is 2.53 bits per heavy atom. The molecule has 0 spiro atoms. The average Bonchev–Trinajstić information content (AvgIpc) is 2.73. The van der Waals surface area contributed by atoms with Gasteiger partial charge in [0.2, 0.25) is 0 Å². The molecule has 0 aliphatic carbocycles. The zero-order valence-corrected chi connectivity index (χ0v) is 12.6. The highest BCUT2D eigenvalue weighted by atomic mass is 79.9. The lowest BCUT2D eigenvalue weighted by molar-refractivity contribution is -0.142. The molecule has 0 atom stereocenters. The maximum Gasteiger partial charge on any atom is 0.311 e. The van der Waals surface area contributed by atoms with Gasteiger partial charge in [0.05, 0.1) is 13.0 Å². The van der Waals surface area contributed by atoms with E-state index in [1.165, 1.54) is 0 Å². The van der Waals surface area contributed by atoms with E-state index in [9.17, 15) is 4.79 Å². The van der Waals surface area contributed by atoms with Gasteiger partial charge in [-0.3, -0.25) is 4.79 Å². The first kappa shape index (κ1) is 13.9. The molecule has 0 bridgehead atoms. The molecule has 0 aliphatic rings. The van der Waals surface area contributed by atoms with Crippen LogP contribution in [0.2, 0.25) is 0 Å². The summed E-state index contributed by atoms with van der Waals surface area (Å²) < 4.78 is 8.05. The van der Waals surface area contributed by atoms with Crippen LogP contribution in [0.25, 0.3) is 11.3 Å². The second-order valence-electron chi connectivity index (χ2n) is 4.26. The maximum absolute atomic E-state index is 11.5. The molecule has 0 radical (unpaired) electrons. The number of halogens is 1. The van der Waals surface area contributed by atoms with Gasteiger partial charge in [-0.2, -0.15) is 0 Å². The molecule has 1 heterocycles. The van der Waals surface area contributed by atoms with Crippen molar-refractivity contribution in [2.45, 2.75) is 13.3 Å². The lowest BCUT2D eigenvalue weighted by Crippen LogP contribution is -2.10. The summed E-state index contributed by atoms with van der Waals surface area (Å²) in [5.74, 6) is -0.189. The third-order valence-electron chi connectivity index (χ3n) is 3.00. The summed E-state index contributed by atoms with van der Waals surface area (Å²) in [6.07, 6.45) is 0.306. The molecule has 2 aromatic rings. The summed E-state index contributed by atoms with van der Waals surface area (Å²) >= 11 is 3.42. The Kier molecular flexibility index (Phi) is 4.43. The lowest BCUT2D eigenvalue weighted by Gasteiger charge is -2.08. The van der Waals surface area contributed by atoms with Crippen LogP contribution in [0.4, 0.5) is 0 Å². The van der Waals surface area contributed by atoms with Gasteiger partial charge in [-0.15, -0.1) is 0 Å². The third kappa shape index (κ3) is 3.26. The van der Waals surface area contributed by atoms with Crippen molar-refractivity contribution in [1.82, 2.24) is 4.57 Å². The van der Waals surface area contributed by atoms with E-state index in [0.29, 0.717) is 13.0 Å². The molecule has 0 saturated carbocycles. The Morgan fingerprint density at radius 1 is 1.21 bits per heavy atom. The van der Waals surface area contributed by atoms with Crippen molar-refractivity contribution >= 4 is 21.9 Å². The highest BCUT2D eigenvalue weighted by Gasteiger charge is 2.11. The summed E-state index contributed by atoms with van der Waals surface area (Å²) in [6, 6.07) is 12.1. The van der Waals surface area contributed by atoms with Gasteiger partial charge in [-0.25, -0.2) is 0 Å². The summed E-state index contributed by atoms with van der Waals surface area (Å²) in [4.78, 5) is 11.5. The second kappa shape index (κ2) is 6.06. The van der Waals surface area contributed by atoms with Gasteiger partial charge < -0.3 is 9.30 Å². The maximum atomic E-state index is 11.5. The molecule has 3 nitrogen and oxygen atoms in total. The van der Waals surface area contributed by atoms with E-state index < -0.39 is 0 Å². The van der Waals surface area contributed by atoms with E-state index in [1.54, 1.807) is 0 Å². The second-order valence-corrected chi connectivity index (χ2v) is 5.17. The number of ether oxygens (including phenoxy) is 1. The van der Waals surface area contributed by atoms with E-state index in [2.05, 4.69) is 15.9 Å². The molecule has 0 unspecified atom stereocenters. The van der Waals surface area contributed by atoms with Crippen LogP contribution in [0.3, 0.4) is 0 Å². The van der Waals surface area contributed by atoms with Gasteiger partial charge in [0.1, 0.15) is 0 Å². The van der Waals surface area contributed by atoms with Gasteiger partial charge in [0.15, 0.2) is 0 Å². The average molecular weight is 322 g/mol. The van der Waals surface area contributed by atoms with Gasteiger partial charge in [0.25, 0.3) is 0 Å². The molecule has 0 amide bonds. The van der Waals surface area contributed by atoms with Crippen molar-refractivity contribution in [1.29, 1.82) is 0 Å². The van der Waals surface area contributed by atoms with Crippen molar-refractivity contribution in [3.05, 3.63) is 46.6 Å². The molecule has 1 aromatic heterocycles. The highest BCUT2D eigenvalue weighted by molar-refractivity contribution is 9.10. The van der Waals surface area contributed by atoms with Crippen molar-refractivity contribution in [3.8, 4) is 11.3 Å². The van der Waals surface area contributed by atoms with Crippen LogP contribution in [0.5, 0.6) is 0 Å². The van der Waals surface area contributed by atoms with Crippen LogP contribution in [0.1, 0.15) is 12.6 Å². The van der Waals surface area contributed by atoms with E-state index in [4.69, 9.17) is 4.74 Å². The van der Waals surface area contributed by atoms with Crippen molar-refractivity contribution < 1.29 is 9.53 Å². The standard InChI is InChI=1S/C15H16BrNO2/c1-3-19-15(18)10-13-8-9-14(17(13)2)11-4-6-12(16)7-5-11/h4-9H,3,10H2,1-2H3. The normalized spacial score (nSPS) is 10.5. The quantitative estimate of drug-likeness (QED) is 0.806. The number of aromatic nitrogens is 1. The number of benzene rings is 1. The first-order chi connectivity index (χ1) is 9.11. The van der Waals surface area contributed by atoms with Crippen molar-refractivity contribution in [2.24, 2.45) is 7.05 Å². The van der Waals surface area contributed by atoms with Crippen LogP contribution in [-0.2, 0) is 23.0 Å². The van der Waals surface area contributed by atoms with Gasteiger partial charge in [-0.1, -0.05) is 28.1 Å². The SMILES string of the molecule is CCOC(=O)Cc1ccc(-c2ccc(Br)cc2)n1C. The minimum absolute atomic E-state index is 0.189. The smallest absolute Gasteiger partial charge is 0.311 e. The number of esters is 1. The Balaban J connectivity index is 2.23. The summed E-state index contributed by atoms with van der Waals surface area (Å²) in [6.45, 7) is 2.24. The first-order valence-electron chi connectivity index (χ1n) is 6.18. The van der Waals surface area contributed by atoms with Crippen LogP contribution in [0.15, 0.2) is 40.9 Å².